The van der Waals surface area contributed by atoms with E-state index in [-0.39, 0.29) is 11.2 Å². The Bertz CT molecular complexity index is 506. The minimum Gasteiger partial charge on any atom is -0.399 e. The van der Waals surface area contributed by atoms with Gasteiger partial charge in [0.25, 0.3) is 0 Å². The first-order valence-electron chi connectivity index (χ1n) is 5.80. The molecule has 1 heterocycles. The zero-order valence-corrected chi connectivity index (χ0v) is 11.0. The molecule has 1 aliphatic heterocycles. The zero-order valence-electron chi connectivity index (χ0n) is 11.0. The average Bonchev–Trinajstić information content (AvgIpc) is 2.48. The molecule has 18 heavy (non-hydrogen) atoms. The maximum atomic E-state index is 14.1. The van der Waals surface area contributed by atoms with E-state index in [4.69, 9.17) is 15.9 Å². The smallest absolute Gasteiger partial charge is 0.399 e. The van der Waals surface area contributed by atoms with Crippen molar-refractivity contribution in [3.8, 4) is 0 Å². The molecule has 1 saturated heterocycles. The second kappa shape index (κ2) is 4.08. The molecule has 1 aromatic carbocycles. The van der Waals surface area contributed by atoms with Crippen molar-refractivity contribution in [3.05, 3.63) is 35.4 Å². The van der Waals surface area contributed by atoms with E-state index in [0.717, 1.165) is 0 Å². The minimum absolute atomic E-state index is 0.0118. The molecule has 0 bridgehead atoms. The van der Waals surface area contributed by atoms with Gasteiger partial charge in [0.1, 0.15) is 5.82 Å². The molecule has 0 aliphatic carbocycles. The molecule has 2 rings (SSSR count). The molecule has 0 saturated carbocycles. The summed E-state index contributed by atoms with van der Waals surface area (Å²) in [7, 11) is -0.767. The number of hydrogen-bond acceptors (Lipinski definition) is 2. The number of nitrogens with zero attached hydrogens (tertiary/aromatic N) is 1. The molecule has 0 aromatic heterocycles. The Morgan fingerprint density at radius 3 is 2.22 bits per heavy atom. The third-order valence-corrected chi connectivity index (χ3v) is 3.64. The lowest BCUT2D eigenvalue weighted by Crippen LogP contribution is -2.41. The van der Waals surface area contributed by atoms with Gasteiger partial charge in [-0.05, 0) is 27.7 Å². The number of benzene rings is 1. The van der Waals surface area contributed by atoms with Crippen LogP contribution in [0.2, 0.25) is 0 Å². The lowest BCUT2D eigenvalue weighted by Gasteiger charge is -2.32. The van der Waals surface area contributed by atoms with Crippen LogP contribution in [0.3, 0.4) is 0 Å². The molecule has 0 spiro atoms. The highest BCUT2D eigenvalue weighted by Gasteiger charge is 2.52. The summed E-state index contributed by atoms with van der Waals surface area (Å²) in [4.78, 5) is 3.14. The van der Waals surface area contributed by atoms with E-state index in [1.807, 2.05) is 27.7 Å². The second-order valence-corrected chi connectivity index (χ2v) is 5.38. The van der Waals surface area contributed by atoms with Gasteiger partial charge in [-0.2, -0.15) is 0 Å². The average molecular weight is 247 g/mol. The van der Waals surface area contributed by atoms with Crippen LogP contribution in [-0.2, 0) is 9.31 Å². The van der Waals surface area contributed by atoms with Gasteiger partial charge in [0.2, 0.25) is 5.69 Å². The maximum Gasteiger partial charge on any atom is 0.496 e. The van der Waals surface area contributed by atoms with Crippen molar-refractivity contribution < 1.29 is 13.7 Å². The predicted molar refractivity (Wildman–Crippen MR) is 68.4 cm³/mol. The van der Waals surface area contributed by atoms with Crippen LogP contribution < -0.4 is 5.46 Å². The largest absolute Gasteiger partial charge is 0.496 e. The summed E-state index contributed by atoms with van der Waals surface area (Å²) in [6, 6.07) is 4.67. The predicted octanol–water partition coefficient (Wildman–Crippen LogP) is 2.68. The van der Waals surface area contributed by atoms with Crippen molar-refractivity contribution in [1.29, 1.82) is 0 Å². The number of hydrogen-bond donors (Lipinski definition) is 0. The molecular formula is C13H15BFNO2. The van der Waals surface area contributed by atoms with E-state index in [9.17, 15) is 4.39 Å². The molecule has 0 amide bonds. The molecule has 1 aromatic rings. The summed E-state index contributed by atoms with van der Waals surface area (Å²) in [6.45, 7) is 14.5. The first kappa shape index (κ1) is 13.1. The standard InChI is InChI=1S/C13H15BFNO2/c1-12(2)13(3,4)18-14(17-12)9-7-6-8-10(16-5)11(9)15/h6-8H,1-4H3. The molecule has 3 nitrogen and oxygen atoms in total. The van der Waals surface area contributed by atoms with Gasteiger partial charge in [0.05, 0.1) is 17.8 Å². The molecule has 1 fully saturated rings. The van der Waals surface area contributed by atoms with Gasteiger partial charge in [-0.25, -0.2) is 9.24 Å². The van der Waals surface area contributed by atoms with E-state index in [2.05, 4.69) is 4.85 Å². The van der Waals surface area contributed by atoms with Gasteiger partial charge in [-0.15, -0.1) is 0 Å². The van der Waals surface area contributed by atoms with E-state index < -0.39 is 24.1 Å². The first-order chi connectivity index (χ1) is 8.28. The Kier molecular flexibility index (Phi) is 2.96. The summed E-state index contributed by atoms with van der Waals surface area (Å²) in [5, 5.41) is 0. The number of halogens is 1. The summed E-state index contributed by atoms with van der Waals surface area (Å²) < 4.78 is 25.6. The van der Waals surface area contributed by atoms with E-state index >= 15 is 0 Å². The summed E-state index contributed by atoms with van der Waals surface area (Å²) in [5.74, 6) is -0.564. The van der Waals surface area contributed by atoms with Crippen LogP contribution in [0.1, 0.15) is 27.7 Å². The lowest BCUT2D eigenvalue weighted by atomic mass is 9.78. The fourth-order valence-corrected chi connectivity index (χ4v) is 1.78. The van der Waals surface area contributed by atoms with Crippen LogP contribution in [0, 0.1) is 12.4 Å². The maximum absolute atomic E-state index is 14.1. The van der Waals surface area contributed by atoms with Crippen LogP contribution in [0.15, 0.2) is 18.2 Å². The fraction of sp³-hybridized carbons (Fsp3) is 0.462. The van der Waals surface area contributed by atoms with Crippen molar-refractivity contribution in [2.75, 3.05) is 0 Å². The second-order valence-electron chi connectivity index (χ2n) is 5.38. The monoisotopic (exact) mass is 247 g/mol. The van der Waals surface area contributed by atoms with E-state index in [1.165, 1.54) is 6.07 Å². The van der Waals surface area contributed by atoms with Gasteiger partial charge in [0, 0.05) is 5.46 Å². The topological polar surface area (TPSA) is 22.8 Å². The molecule has 0 N–H and O–H groups in total. The fourth-order valence-electron chi connectivity index (χ4n) is 1.78. The Balaban J connectivity index is 2.39. The third kappa shape index (κ3) is 1.92. The van der Waals surface area contributed by atoms with Crippen molar-refractivity contribution >= 4 is 18.3 Å². The lowest BCUT2D eigenvalue weighted by molar-refractivity contribution is 0.00578. The van der Waals surface area contributed by atoms with Gasteiger partial charge in [-0.1, -0.05) is 18.2 Å². The van der Waals surface area contributed by atoms with Gasteiger partial charge in [0.15, 0.2) is 0 Å². The number of rotatable bonds is 1. The highest BCUT2D eigenvalue weighted by atomic mass is 19.1. The van der Waals surface area contributed by atoms with Crippen LogP contribution in [0.4, 0.5) is 10.1 Å². The zero-order chi connectivity index (χ0) is 13.6. The van der Waals surface area contributed by atoms with Crippen LogP contribution in [-0.4, -0.2) is 18.3 Å². The highest BCUT2D eigenvalue weighted by Crippen LogP contribution is 2.36. The van der Waals surface area contributed by atoms with E-state index in [0.29, 0.717) is 0 Å². The van der Waals surface area contributed by atoms with Gasteiger partial charge in [-0.3, -0.25) is 0 Å². The SMILES string of the molecule is [C-]#[N+]c1cccc(B2OC(C)(C)C(C)(C)O2)c1F. The minimum atomic E-state index is -0.767. The van der Waals surface area contributed by atoms with Crippen LogP contribution in [0.25, 0.3) is 4.85 Å². The summed E-state index contributed by atoms with van der Waals surface area (Å²) in [6.07, 6.45) is 0. The molecular weight excluding hydrogens is 232 g/mol. The third-order valence-electron chi connectivity index (χ3n) is 3.64. The Labute approximate surface area is 107 Å². The van der Waals surface area contributed by atoms with Crippen LogP contribution in [0.5, 0.6) is 0 Å². The molecule has 0 radical (unpaired) electrons. The van der Waals surface area contributed by atoms with Crippen molar-refractivity contribution in [1.82, 2.24) is 0 Å². The van der Waals surface area contributed by atoms with Gasteiger partial charge < -0.3 is 9.31 Å². The van der Waals surface area contributed by atoms with Crippen molar-refractivity contribution in [2.24, 2.45) is 0 Å². The molecule has 94 valence electrons. The van der Waals surface area contributed by atoms with Crippen molar-refractivity contribution in [2.45, 2.75) is 38.9 Å². The Morgan fingerprint density at radius 1 is 1.17 bits per heavy atom. The highest BCUT2D eigenvalue weighted by molar-refractivity contribution is 6.62. The molecule has 5 heteroatoms. The van der Waals surface area contributed by atoms with Crippen molar-refractivity contribution in [3.63, 3.8) is 0 Å². The molecule has 0 unspecified atom stereocenters. The first-order valence-corrected chi connectivity index (χ1v) is 5.80. The quantitative estimate of drug-likeness (QED) is 0.562. The molecule has 0 atom stereocenters. The Hall–Kier alpha value is -1.38. The molecule has 1 aliphatic rings. The van der Waals surface area contributed by atoms with Crippen LogP contribution >= 0.6 is 0 Å². The summed E-state index contributed by atoms with van der Waals surface area (Å²) >= 11 is 0. The summed E-state index contributed by atoms with van der Waals surface area (Å²) in [5.41, 5.74) is -0.763. The Morgan fingerprint density at radius 2 is 1.72 bits per heavy atom. The van der Waals surface area contributed by atoms with E-state index in [1.54, 1.807) is 12.1 Å². The normalized spacial score (nSPS) is 20.8. The van der Waals surface area contributed by atoms with Gasteiger partial charge >= 0.3 is 7.12 Å².